The molecule has 0 saturated heterocycles. The number of carbonyl (C=O) groups excluding carboxylic acids is 1. The van der Waals surface area contributed by atoms with Crippen LogP contribution in [0.1, 0.15) is 12.8 Å². The van der Waals surface area contributed by atoms with E-state index in [1.54, 1.807) is 0 Å². The fourth-order valence-electron chi connectivity index (χ4n) is 2.39. The first-order valence-electron chi connectivity index (χ1n) is 4.88. The number of aliphatic hydroxyl groups is 1. The molecule has 3 atom stereocenters. The maximum atomic E-state index is 11.5. The Morgan fingerprint density at radius 1 is 1.46 bits per heavy atom. The largest absolute Gasteiger partial charge is 0.395 e. The van der Waals surface area contributed by atoms with Crippen molar-refractivity contribution in [3.05, 3.63) is 12.2 Å². The minimum Gasteiger partial charge on any atom is -0.395 e. The Hall–Kier alpha value is -0.830. The van der Waals surface area contributed by atoms with Crippen molar-refractivity contribution in [3.8, 4) is 0 Å². The highest BCUT2D eigenvalue weighted by Gasteiger charge is 2.39. The molecule has 2 aliphatic rings. The van der Waals surface area contributed by atoms with Gasteiger partial charge in [-0.05, 0) is 24.7 Å². The second-order valence-electron chi connectivity index (χ2n) is 3.90. The van der Waals surface area contributed by atoms with Crippen LogP contribution >= 0.6 is 0 Å². The zero-order chi connectivity index (χ0) is 9.26. The quantitative estimate of drug-likeness (QED) is 0.615. The number of rotatable bonds is 3. The van der Waals surface area contributed by atoms with Gasteiger partial charge in [-0.25, -0.2) is 0 Å². The average molecular weight is 181 g/mol. The molecule has 0 aromatic heterocycles. The Balaban J connectivity index is 1.88. The van der Waals surface area contributed by atoms with Gasteiger partial charge in [-0.1, -0.05) is 12.2 Å². The Morgan fingerprint density at radius 2 is 2.31 bits per heavy atom. The summed E-state index contributed by atoms with van der Waals surface area (Å²) in [5.74, 6) is 1.38. The number of hydrogen-bond acceptors (Lipinski definition) is 2. The average Bonchev–Trinajstić information content (AvgIpc) is 2.74. The van der Waals surface area contributed by atoms with Gasteiger partial charge < -0.3 is 10.4 Å². The maximum absolute atomic E-state index is 11.5. The summed E-state index contributed by atoms with van der Waals surface area (Å²) in [6.45, 7) is 0.416. The summed E-state index contributed by atoms with van der Waals surface area (Å²) in [4.78, 5) is 11.5. The molecule has 0 aromatic rings. The van der Waals surface area contributed by atoms with Crippen LogP contribution in [0.15, 0.2) is 12.2 Å². The third-order valence-electron chi connectivity index (χ3n) is 3.03. The fraction of sp³-hybridized carbons (Fsp3) is 0.700. The van der Waals surface area contributed by atoms with Crippen molar-refractivity contribution >= 4 is 5.91 Å². The molecule has 13 heavy (non-hydrogen) atoms. The van der Waals surface area contributed by atoms with E-state index in [0.29, 0.717) is 18.4 Å². The van der Waals surface area contributed by atoms with E-state index in [0.717, 1.165) is 12.8 Å². The van der Waals surface area contributed by atoms with Crippen LogP contribution in [0.5, 0.6) is 0 Å². The van der Waals surface area contributed by atoms with E-state index < -0.39 is 0 Å². The van der Waals surface area contributed by atoms with Gasteiger partial charge >= 0.3 is 0 Å². The zero-order valence-electron chi connectivity index (χ0n) is 7.57. The van der Waals surface area contributed by atoms with E-state index in [4.69, 9.17) is 5.11 Å². The molecule has 3 heteroatoms. The number of hydrogen-bond donors (Lipinski definition) is 2. The third-order valence-corrected chi connectivity index (χ3v) is 3.03. The van der Waals surface area contributed by atoms with Crippen molar-refractivity contribution in [1.82, 2.24) is 5.32 Å². The minimum absolute atomic E-state index is 0.0302. The van der Waals surface area contributed by atoms with Crippen LogP contribution in [-0.4, -0.2) is 24.2 Å². The summed E-state index contributed by atoms with van der Waals surface area (Å²) in [6, 6.07) is 0. The smallest absolute Gasteiger partial charge is 0.223 e. The van der Waals surface area contributed by atoms with E-state index in [1.807, 2.05) is 0 Å². The molecular formula is C10H15NO2. The number of carbonyl (C=O) groups is 1. The van der Waals surface area contributed by atoms with Crippen molar-refractivity contribution in [1.29, 1.82) is 0 Å². The lowest BCUT2D eigenvalue weighted by Crippen LogP contribution is -2.34. The molecule has 1 fully saturated rings. The van der Waals surface area contributed by atoms with Gasteiger partial charge in [0.25, 0.3) is 0 Å². The normalized spacial score (nSPS) is 35.3. The molecule has 0 aliphatic heterocycles. The second-order valence-corrected chi connectivity index (χ2v) is 3.90. The Bertz CT molecular complexity index is 237. The Morgan fingerprint density at radius 3 is 2.85 bits per heavy atom. The van der Waals surface area contributed by atoms with Crippen molar-refractivity contribution < 1.29 is 9.90 Å². The summed E-state index contributed by atoms with van der Waals surface area (Å²) in [7, 11) is 0. The minimum atomic E-state index is 0.0302. The van der Waals surface area contributed by atoms with Gasteiger partial charge in [0.05, 0.1) is 6.61 Å². The maximum Gasteiger partial charge on any atom is 0.223 e. The zero-order valence-corrected chi connectivity index (χ0v) is 7.57. The second kappa shape index (κ2) is 3.50. The van der Waals surface area contributed by atoms with Crippen LogP contribution in [0.2, 0.25) is 0 Å². The van der Waals surface area contributed by atoms with Crippen LogP contribution in [0.25, 0.3) is 0 Å². The standard InChI is InChI=1S/C10H15NO2/c12-4-3-11-10(13)9-6-7-1-2-8(9)5-7/h1-2,7-9,12H,3-6H2,(H,11,13)/t7-,8-,9-/m1/s1. The van der Waals surface area contributed by atoms with Crippen LogP contribution in [0.3, 0.4) is 0 Å². The molecule has 1 saturated carbocycles. The molecule has 0 heterocycles. The van der Waals surface area contributed by atoms with Crippen LogP contribution in [0, 0.1) is 17.8 Å². The highest BCUT2D eigenvalue weighted by Crippen LogP contribution is 2.43. The number of fused-ring (bicyclic) bond motifs is 2. The van der Waals surface area contributed by atoms with Crippen molar-refractivity contribution in [2.45, 2.75) is 12.8 Å². The fourth-order valence-corrected chi connectivity index (χ4v) is 2.39. The molecule has 2 N–H and O–H groups in total. The molecule has 2 aliphatic carbocycles. The molecule has 2 bridgehead atoms. The molecule has 1 amide bonds. The molecule has 0 spiro atoms. The molecule has 0 unspecified atom stereocenters. The molecule has 2 rings (SSSR count). The summed E-state index contributed by atoms with van der Waals surface area (Å²) < 4.78 is 0. The highest BCUT2D eigenvalue weighted by molar-refractivity contribution is 5.79. The lowest BCUT2D eigenvalue weighted by molar-refractivity contribution is -0.125. The Labute approximate surface area is 77.8 Å². The first kappa shape index (κ1) is 8.75. The molecule has 72 valence electrons. The van der Waals surface area contributed by atoms with E-state index in [2.05, 4.69) is 17.5 Å². The number of nitrogens with one attached hydrogen (secondary N) is 1. The van der Waals surface area contributed by atoms with Gasteiger partial charge in [0.15, 0.2) is 0 Å². The van der Waals surface area contributed by atoms with Crippen molar-refractivity contribution in [2.24, 2.45) is 17.8 Å². The first-order valence-corrected chi connectivity index (χ1v) is 4.88. The summed E-state index contributed by atoms with van der Waals surface area (Å²) >= 11 is 0. The van der Waals surface area contributed by atoms with Gasteiger partial charge in [-0.3, -0.25) is 4.79 Å². The number of aliphatic hydroxyl groups excluding tert-OH is 1. The van der Waals surface area contributed by atoms with Crippen LogP contribution in [0.4, 0.5) is 0 Å². The number of allylic oxidation sites excluding steroid dienone is 2. The predicted molar refractivity (Wildman–Crippen MR) is 48.9 cm³/mol. The molecule has 3 nitrogen and oxygen atoms in total. The van der Waals surface area contributed by atoms with E-state index in [9.17, 15) is 4.79 Å². The lowest BCUT2D eigenvalue weighted by atomic mass is 9.93. The molecular weight excluding hydrogens is 166 g/mol. The van der Waals surface area contributed by atoms with Gasteiger partial charge in [-0.15, -0.1) is 0 Å². The predicted octanol–water partition coefficient (Wildman–Crippen LogP) is 0.307. The molecule has 0 aromatic carbocycles. The summed E-state index contributed by atoms with van der Waals surface area (Å²) in [5.41, 5.74) is 0. The van der Waals surface area contributed by atoms with E-state index >= 15 is 0 Å². The van der Waals surface area contributed by atoms with Crippen molar-refractivity contribution in [2.75, 3.05) is 13.2 Å². The van der Waals surface area contributed by atoms with E-state index in [1.165, 1.54) is 0 Å². The monoisotopic (exact) mass is 181 g/mol. The highest BCUT2D eigenvalue weighted by atomic mass is 16.3. The first-order chi connectivity index (χ1) is 6.31. The lowest BCUT2D eigenvalue weighted by Gasteiger charge is -2.16. The van der Waals surface area contributed by atoms with Gasteiger partial charge in [-0.2, -0.15) is 0 Å². The van der Waals surface area contributed by atoms with Crippen LogP contribution in [-0.2, 0) is 4.79 Å². The van der Waals surface area contributed by atoms with Crippen LogP contribution < -0.4 is 5.32 Å². The van der Waals surface area contributed by atoms with Gasteiger partial charge in [0.1, 0.15) is 0 Å². The van der Waals surface area contributed by atoms with Crippen molar-refractivity contribution in [3.63, 3.8) is 0 Å². The van der Waals surface area contributed by atoms with E-state index in [-0.39, 0.29) is 18.4 Å². The van der Waals surface area contributed by atoms with Gasteiger partial charge in [0, 0.05) is 12.5 Å². The van der Waals surface area contributed by atoms with Gasteiger partial charge in [0.2, 0.25) is 5.91 Å². The third kappa shape index (κ3) is 1.61. The topological polar surface area (TPSA) is 49.3 Å². The summed E-state index contributed by atoms with van der Waals surface area (Å²) in [5, 5.41) is 11.3. The SMILES string of the molecule is O=C(NCCO)[C@@H]1C[C@@H]2C=C[C@@H]1C2. The summed E-state index contributed by atoms with van der Waals surface area (Å²) in [6.07, 6.45) is 6.54. The number of amides is 1. The Kier molecular flexibility index (Phi) is 2.36. The molecule has 0 radical (unpaired) electrons.